The largest absolute Gasteiger partial charge is 0.337 e. The van der Waals surface area contributed by atoms with Gasteiger partial charge >= 0.3 is 0 Å². The van der Waals surface area contributed by atoms with Gasteiger partial charge in [-0.15, -0.1) is 0 Å². The van der Waals surface area contributed by atoms with Crippen molar-refractivity contribution in [2.75, 3.05) is 13.1 Å². The molecule has 0 spiro atoms. The highest BCUT2D eigenvalue weighted by Crippen LogP contribution is 2.22. The average molecular weight is 286 g/mol. The minimum atomic E-state index is 0.0133. The summed E-state index contributed by atoms with van der Waals surface area (Å²) in [7, 11) is 0. The summed E-state index contributed by atoms with van der Waals surface area (Å²) in [4.78, 5) is 14.3. The third-order valence-electron chi connectivity index (χ3n) is 3.36. The summed E-state index contributed by atoms with van der Waals surface area (Å²) in [5, 5.41) is 8.74. The van der Waals surface area contributed by atoms with Gasteiger partial charge in [0.2, 0.25) is 0 Å². The Kier molecular flexibility index (Phi) is 5.96. The Labute approximate surface area is 128 Å². The molecule has 0 aliphatic carbocycles. The summed E-state index contributed by atoms with van der Waals surface area (Å²) in [5.74, 6) is 0.404. The molecular formula is C18H26N2O. The molecule has 0 bridgehead atoms. The highest BCUT2D eigenvalue weighted by molar-refractivity contribution is 5.94. The summed E-state index contributed by atoms with van der Waals surface area (Å²) in [6.07, 6.45) is 0.374. The van der Waals surface area contributed by atoms with Crippen LogP contribution in [0, 0.1) is 17.2 Å². The van der Waals surface area contributed by atoms with Crippen LogP contribution in [0.2, 0.25) is 0 Å². The first-order valence-electron chi connectivity index (χ1n) is 7.52. The average Bonchev–Trinajstić information content (AvgIpc) is 2.41. The molecule has 0 saturated heterocycles. The lowest BCUT2D eigenvalue weighted by atomic mass is 9.86. The first kappa shape index (κ1) is 17.2. The minimum absolute atomic E-state index is 0.0133. The zero-order valence-corrected chi connectivity index (χ0v) is 13.8. The van der Waals surface area contributed by atoms with Gasteiger partial charge in [0, 0.05) is 18.7 Å². The zero-order valence-electron chi connectivity index (χ0n) is 13.8. The van der Waals surface area contributed by atoms with E-state index in [1.807, 2.05) is 24.3 Å². The van der Waals surface area contributed by atoms with Gasteiger partial charge in [-0.05, 0) is 29.0 Å². The summed E-state index contributed by atoms with van der Waals surface area (Å²) < 4.78 is 0. The van der Waals surface area contributed by atoms with Crippen LogP contribution in [0.4, 0.5) is 0 Å². The Morgan fingerprint density at radius 3 is 2.24 bits per heavy atom. The standard InChI is InChI=1S/C18H26N2O/c1-14(2)13-20(12-6-11-19)17(21)15-7-9-16(10-8-15)18(3,4)5/h7-10,14H,6,12-13H2,1-5H3. The van der Waals surface area contributed by atoms with Gasteiger partial charge in [-0.25, -0.2) is 0 Å². The summed E-state index contributed by atoms with van der Waals surface area (Å²) in [6, 6.07) is 9.93. The van der Waals surface area contributed by atoms with Crippen molar-refractivity contribution in [3.8, 4) is 6.07 Å². The van der Waals surface area contributed by atoms with Gasteiger partial charge in [0.15, 0.2) is 0 Å². The number of carbonyl (C=O) groups excluding carboxylic acids is 1. The highest BCUT2D eigenvalue weighted by atomic mass is 16.2. The lowest BCUT2D eigenvalue weighted by molar-refractivity contribution is 0.0740. The second-order valence-electron chi connectivity index (χ2n) is 6.88. The Bertz CT molecular complexity index is 504. The lowest BCUT2D eigenvalue weighted by Gasteiger charge is -2.24. The number of benzene rings is 1. The van der Waals surface area contributed by atoms with Crippen LogP contribution < -0.4 is 0 Å². The molecule has 3 nitrogen and oxygen atoms in total. The molecule has 0 atom stereocenters. The number of carbonyl (C=O) groups is 1. The third-order valence-corrected chi connectivity index (χ3v) is 3.36. The van der Waals surface area contributed by atoms with E-state index in [0.29, 0.717) is 31.0 Å². The van der Waals surface area contributed by atoms with E-state index in [0.717, 1.165) is 0 Å². The molecule has 114 valence electrons. The fourth-order valence-electron chi connectivity index (χ4n) is 2.20. The smallest absolute Gasteiger partial charge is 0.253 e. The van der Waals surface area contributed by atoms with Crippen LogP contribution >= 0.6 is 0 Å². The summed E-state index contributed by atoms with van der Waals surface area (Å²) in [5.41, 5.74) is 1.99. The highest BCUT2D eigenvalue weighted by Gasteiger charge is 2.18. The number of amides is 1. The lowest BCUT2D eigenvalue weighted by Crippen LogP contribution is -2.35. The van der Waals surface area contributed by atoms with Crippen LogP contribution in [-0.4, -0.2) is 23.9 Å². The Morgan fingerprint density at radius 2 is 1.81 bits per heavy atom. The first-order chi connectivity index (χ1) is 9.75. The van der Waals surface area contributed by atoms with E-state index in [2.05, 4.69) is 40.7 Å². The number of hydrogen-bond donors (Lipinski definition) is 0. The fourth-order valence-corrected chi connectivity index (χ4v) is 2.20. The van der Waals surface area contributed by atoms with Crippen molar-refractivity contribution in [1.29, 1.82) is 5.26 Å². The summed E-state index contributed by atoms with van der Waals surface area (Å²) >= 11 is 0. The van der Waals surface area contributed by atoms with E-state index in [1.165, 1.54) is 5.56 Å². The quantitative estimate of drug-likeness (QED) is 0.821. The second kappa shape index (κ2) is 7.26. The monoisotopic (exact) mass is 286 g/mol. The minimum Gasteiger partial charge on any atom is -0.337 e. The van der Waals surface area contributed by atoms with Gasteiger partial charge in [0.05, 0.1) is 12.5 Å². The molecule has 0 N–H and O–H groups in total. The maximum atomic E-state index is 12.6. The van der Waals surface area contributed by atoms with Crippen molar-refractivity contribution in [3.05, 3.63) is 35.4 Å². The van der Waals surface area contributed by atoms with Gasteiger partial charge in [-0.1, -0.05) is 46.8 Å². The maximum absolute atomic E-state index is 12.6. The van der Waals surface area contributed by atoms with Crippen molar-refractivity contribution >= 4 is 5.91 Å². The molecule has 3 heteroatoms. The first-order valence-corrected chi connectivity index (χ1v) is 7.52. The molecule has 0 radical (unpaired) electrons. The van der Waals surface area contributed by atoms with Gasteiger partial charge in [-0.3, -0.25) is 4.79 Å². The van der Waals surface area contributed by atoms with E-state index >= 15 is 0 Å². The van der Waals surface area contributed by atoms with Gasteiger partial charge in [0.1, 0.15) is 0 Å². The van der Waals surface area contributed by atoms with Crippen molar-refractivity contribution < 1.29 is 4.79 Å². The molecule has 0 saturated carbocycles. The SMILES string of the molecule is CC(C)CN(CCC#N)C(=O)c1ccc(C(C)(C)C)cc1. The van der Waals surface area contributed by atoms with E-state index in [4.69, 9.17) is 5.26 Å². The van der Waals surface area contributed by atoms with Crippen molar-refractivity contribution in [2.45, 2.75) is 46.5 Å². The molecule has 0 aliphatic rings. The topological polar surface area (TPSA) is 44.1 Å². The van der Waals surface area contributed by atoms with Crippen LogP contribution in [0.5, 0.6) is 0 Å². The predicted octanol–water partition coefficient (Wildman–Crippen LogP) is 4.00. The molecule has 0 aromatic heterocycles. The molecule has 1 amide bonds. The number of nitrogens with zero attached hydrogens (tertiary/aromatic N) is 2. The molecule has 1 rings (SSSR count). The van der Waals surface area contributed by atoms with E-state index < -0.39 is 0 Å². The second-order valence-corrected chi connectivity index (χ2v) is 6.88. The van der Waals surface area contributed by atoms with E-state index in [-0.39, 0.29) is 11.3 Å². The molecule has 21 heavy (non-hydrogen) atoms. The van der Waals surface area contributed by atoms with Crippen LogP contribution in [-0.2, 0) is 5.41 Å². The number of hydrogen-bond acceptors (Lipinski definition) is 2. The molecule has 0 heterocycles. The van der Waals surface area contributed by atoms with Crippen LogP contribution in [0.1, 0.15) is 57.0 Å². The van der Waals surface area contributed by atoms with E-state index in [9.17, 15) is 4.79 Å². The van der Waals surface area contributed by atoms with Crippen molar-refractivity contribution in [1.82, 2.24) is 4.90 Å². The van der Waals surface area contributed by atoms with Crippen molar-refractivity contribution in [2.24, 2.45) is 5.92 Å². The van der Waals surface area contributed by atoms with Gasteiger partial charge in [-0.2, -0.15) is 5.26 Å². The molecule has 1 aromatic rings. The molecule has 0 unspecified atom stereocenters. The van der Waals surface area contributed by atoms with Gasteiger partial charge < -0.3 is 4.90 Å². The molecule has 1 aromatic carbocycles. The van der Waals surface area contributed by atoms with Crippen LogP contribution in [0.3, 0.4) is 0 Å². The zero-order chi connectivity index (χ0) is 16.0. The van der Waals surface area contributed by atoms with Crippen LogP contribution in [0.15, 0.2) is 24.3 Å². The Morgan fingerprint density at radius 1 is 1.24 bits per heavy atom. The molecular weight excluding hydrogens is 260 g/mol. The molecule has 0 fully saturated rings. The van der Waals surface area contributed by atoms with E-state index in [1.54, 1.807) is 4.90 Å². The normalized spacial score (nSPS) is 11.3. The third kappa shape index (κ3) is 5.23. The fraction of sp³-hybridized carbons (Fsp3) is 0.556. The van der Waals surface area contributed by atoms with Gasteiger partial charge in [0.25, 0.3) is 5.91 Å². The number of nitriles is 1. The van der Waals surface area contributed by atoms with Crippen LogP contribution in [0.25, 0.3) is 0 Å². The Balaban J connectivity index is 2.90. The maximum Gasteiger partial charge on any atom is 0.253 e. The predicted molar refractivity (Wildman–Crippen MR) is 86.1 cm³/mol. The molecule has 0 aliphatic heterocycles. The van der Waals surface area contributed by atoms with Crippen molar-refractivity contribution in [3.63, 3.8) is 0 Å². The Hall–Kier alpha value is -1.82. The summed E-state index contributed by atoms with van der Waals surface area (Å²) in [6.45, 7) is 11.8. The number of rotatable bonds is 5.